The molecule has 0 saturated carbocycles. The predicted octanol–water partition coefficient (Wildman–Crippen LogP) is 1.72. The maximum atomic E-state index is 10.8. The minimum atomic E-state index is -0.967. The Labute approximate surface area is 98.7 Å². The van der Waals surface area contributed by atoms with E-state index in [2.05, 4.69) is 9.88 Å². The average molecular weight is 238 g/mol. The molecule has 0 aromatic carbocycles. The van der Waals surface area contributed by atoms with Crippen molar-refractivity contribution in [3.63, 3.8) is 0 Å². The SMILES string of the molecule is O=C(O)c1cc(N2CCCSCC2)ccn1. The second-order valence-corrected chi connectivity index (χ2v) is 4.88. The summed E-state index contributed by atoms with van der Waals surface area (Å²) in [4.78, 5) is 16.9. The lowest BCUT2D eigenvalue weighted by molar-refractivity contribution is 0.0690. The lowest BCUT2D eigenvalue weighted by Crippen LogP contribution is -2.25. The van der Waals surface area contributed by atoms with Crippen LogP contribution in [0.1, 0.15) is 16.9 Å². The van der Waals surface area contributed by atoms with E-state index in [0.717, 1.165) is 31.0 Å². The molecule has 0 radical (unpaired) electrons. The minimum absolute atomic E-state index is 0.120. The highest BCUT2D eigenvalue weighted by atomic mass is 32.2. The standard InChI is InChI=1S/C11H14N2O2S/c14-11(15)10-8-9(2-3-12-10)13-4-1-6-16-7-5-13/h2-3,8H,1,4-7H2,(H,14,15). The molecule has 1 aliphatic heterocycles. The monoisotopic (exact) mass is 238 g/mol. The van der Waals surface area contributed by atoms with E-state index in [1.807, 2.05) is 17.8 Å². The second kappa shape index (κ2) is 5.21. The molecule has 1 aliphatic rings. The molecule has 0 amide bonds. The Bertz CT molecular complexity index is 376. The van der Waals surface area contributed by atoms with Gasteiger partial charge in [-0.15, -0.1) is 0 Å². The molecule has 86 valence electrons. The van der Waals surface area contributed by atoms with Gasteiger partial charge in [-0.05, 0) is 24.3 Å². The van der Waals surface area contributed by atoms with E-state index in [-0.39, 0.29) is 5.69 Å². The van der Waals surface area contributed by atoms with E-state index in [1.54, 1.807) is 12.3 Å². The first-order valence-corrected chi connectivity index (χ1v) is 6.45. The molecule has 0 aliphatic carbocycles. The van der Waals surface area contributed by atoms with Gasteiger partial charge in [-0.1, -0.05) is 0 Å². The van der Waals surface area contributed by atoms with Gasteiger partial charge in [0, 0.05) is 30.7 Å². The Morgan fingerprint density at radius 1 is 1.44 bits per heavy atom. The maximum absolute atomic E-state index is 10.8. The first-order chi connectivity index (χ1) is 7.77. The molecule has 2 rings (SSSR count). The minimum Gasteiger partial charge on any atom is -0.477 e. The molecule has 1 N–H and O–H groups in total. The highest BCUT2D eigenvalue weighted by molar-refractivity contribution is 7.99. The van der Waals surface area contributed by atoms with E-state index in [4.69, 9.17) is 5.11 Å². The Morgan fingerprint density at radius 3 is 3.12 bits per heavy atom. The molecule has 1 aromatic rings. The van der Waals surface area contributed by atoms with Gasteiger partial charge >= 0.3 is 5.97 Å². The number of nitrogens with zero attached hydrogens (tertiary/aromatic N) is 2. The van der Waals surface area contributed by atoms with Crippen molar-refractivity contribution in [2.45, 2.75) is 6.42 Å². The third kappa shape index (κ3) is 2.66. The van der Waals surface area contributed by atoms with Gasteiger partial charge in [0.1, 0.15) is 5.69 Å². The molecule has 5 heteroatoms. The fourth-order valence-corrected chi connectivity index (χ4v) is 2.62. The summed E-state index contributed by atoms with van der Waals surface area (Å²) in [6.45, 7) is 1.98. The van der Waals surface area contributed by atoms with Gasteiger partial charge in [0.2, 0.25) is 0 Å². The number of anilines is 1. The largest absolute Gasteiger partial charge is 0.477 e. The van der Waals surface area contributed by atoms with Crippen molar-refractivity contribution in [1.29, 1.82) is 0 Å². The average Bonchev–Trinajstić information content (AvgIpc) is 2.57. The van der Waals surface area contributed by atoms with Crippen LogP contribution in [-0.4, -0.2) is 40.7 Å². The summed E-state index contributed by atoms with van der Waals surface area (Å²) in [6, 6.07) is 3.53. The summed E-state index contributed by atoms with van der Waals surface area (Å²) in [5.74, 6) is 1.32. The van der Waals surface area contributed by atoms with Crippen LogP contribution < -0.4 is 4.90 Å². The molecule has 0 unspecified atom stereocenters. The first kappa shape index (κ1) is 11.3. The van der Waals surface area contributed by atoms with E-state index < -0.39 is 5.97 Å². The Morgan fingerprint density at radius 2 is 2.31 bits per heavy atom. The normalized spacial score (nSPS) is 16.9. The van der Waals surface area contributed by atoms with Crippen LogP contribution in [0.2, 0.25) is 0 Å². The van der Waals surface area contributed by atoms with Crippen LogP contribution in [0.25, 0.3) is 0 Å². The quantitative estimate of drug-likeness (QED) is 0.850. The number of carboxylic acid groups (broad SMARTS) is 1. The van der Waals surface area contributed by atoms with Crippen molar-refractivity contribution >= 4 is 23.4 Å². The van der Waals surface area contributed by atoms with E-state index in [0.29, 0.717) is 0 Å². The maximum Gasteiger partial charge on any atom is 0.354 e. The van der Waals surface area contributed by atoms with E-state index in [1.165, 1.54) is 5.75 Å². The summed E-state index contributed by atoms with van der Waals surface area (Å²) >= 11 is 1.95. The van der Waals surface area contributed by atoms with Crippen molar-refractivity contribution in [2.24, 2.45) is 0 Å². The van der Waals surface area contributed by atoms with Crippen molar-refractivity contribution in [2.75, 3.05) is 29.5 Å². The van der Waals surface area contributed by atoms with Crippen LogP contribution >= 0.6 is 11.8 Å². The molecular formula is C11H14N2O2S. The number of aromatic carboxylic acids is 1. The molecule has 16 heavy (non-hydrogen) atoms. The first-order valence-electron chi connectivity index (χ1n) is 5.29. The summed E-state index contributed by atoms with van der Waals surface area (Å²) in [7, 11) is 0. The molecule has 0 bridgehead atoms. The summed E-state index contributed by atoms with van der Waals surface area (Å²) in [5.41, 5.74) is 1.09. The highest BCUT2D eigenvalue weighted by Crippen LogP contribution is 2.19. The van der Waals surface area contributed by atoms with E-state index >= 15 is 0 Å². The zero-order valence-corrected chi connectivity index (χ0v) is 9.74. The van der Waals surface area contributed by atoms with Crippen LogP contribution in [0.15, 0.2) is 18.3 Å². The zero-order valence-electron chi connectivity index (χ0n) is 8.93. The Balaban J connectivity index is 2.18. The number of thioether (sulfide) groups is 1. The molecule has 0 atom stereocenters. The van der Waals surface area contributed by atoms with Crippen LogP contribution in [0, 0.1) is 0 Å². The topological polar surface area (TPSA) is 53.4 Å². The van der Waals surface area contributed by atoms with Crippen molar-refractivity contribution in [1.82, 2.24) is 4.98 Å². The number of aromatic nitrogens is 1. The summed E-state index contributed by atoms with van der Waals surface area (Å²) in [6.07, 6.45) is 2.71. The van der Waals surface area contributed by atoms with Crippen LogP contribution in [-0.2, 0) is 0 Å². The van der Waals surface area contributed by atoms with Gasteiger partial charge in [0.25, 0.3) is 0 Å². The fraction of sp³-hybridized carbons (Fsp3) is 0.455. The highest BCUT2D eigenvalue weighted by Gasteiger charge is 2.12. The molecule has 0 spiro atoms. The van der Waals surface area contributed by atoms with Crippen LogP contribution in [0.4, 0.5) is 5.69 Å². The van der Waals surface area contributed by atoms with Gasteiger partial charge in [0.15, 0.2) is 0 Å². The van der Waals surface area contributed by atoms with Crippen molar-refractivity contribution in [3.8, 4) is 0 Å². The van der Waals surface area contributed by atoms with E-state index in [9.17, 15) is 4.79 Å². The lowest BCUT2D eigenvalue weighted by atomic mass is 10.2. The smallest absolute Gasteiger partial charge is 0.354 e. The number of hydrogen-bond acceptors (Lipinski definition) is 4. The Kier molecular flexibility index (Phi) is 3.66. The van der Waals surface area contributed by atoms with Crippen molar-refractivity contribution in [3.05, 3.63) is 24.0 Å². The van der Waals surface area contributed by atoms with Gasteiger partial charge < -0.3 is 10.0 Å². The van der Waals surface area contributed by atoms with Gasteiger partial charge in [-0.25, -0.2) is 9.78 Å². The van der Waals surface area contributed by atoms with Gasteiger partial charge in [-0.2, -0.15) is 11.8 Å². The molecule has 1 fully saturated rings. The summed E-state index contributed by atoms with van der Waals surface area (Å²) < 4.78 is 0. The summed E-state index contributed by atoms with van der Waals surface area (Å²) in [5, 5.41) is 8.88. The number of rotatable bonds is 2. The third-order valence-corrected chi connectivity index (χ3v) is 3.60. The number of hydrogen-bond donors (Lipinski definition) is 1. The lowest BCUT2D eigenvalue weighted by Gasteiger charge is -2.22. The molecular weight excluding hydrogens is 224 g/mol. The molecule has 1 saturated heterocycles. The van der Waals surface area contributed by atoms with Gasteiger partial charge in [-0.3, -0.25) is 0 Å². The van der Waals surface area contributed by atoms with Gasteiger partial charge in [0.05, 0.1) is 0 Å². The van der Waals surface area contributed by atoms with Crippen LogP contribution in [0.5, 0.6) is 0 Å². The number of pyridine rings is 1. The second-order valence-electron chi connectivity index (χ2n) is 3.66. The Hall–Kier alpha value is -1.23. The number of carboxylic acids is 1. The fourth-order valence-electron chi connectivity index (χ4n) is 1.74. The molecule has 2 heterocycles. The zero-order chi connectivity index (χ0) is 11.4. The predicted molar refractivity (Wildman–Crippen MR) is 65.4 cm³/mol. The third-order valence-electron chi connectivity index (χ3n) is 2.55. The molecule has 4 nitrogen and oxygen atoms in total. The van der Waals surface area contributed by atoms with Crippen LogP contribution in [0.3, 0.4) is 0 Å². The number of carbonyl (C=O) groups is 1. The van der Waals surface area contributed by atoms with Crippen molar-refractivity contribution < 1.29 is 9.90 Å². The molecule has 1 aromatic heterocycles.